The molecule has 0 saturated heterocycles. The second-order valence-electron chi connectivity index (χ2n) is 7.01. The van der Waals surface area contributed by atoms with E-state index in [1.807, 2.05) is 0 Å². The molecule has 9 heteroatoms. The molecule has 3 aromatic rings. The van der Waals surface area contributed by atoms with Crippen molar-refractivity contribution in [1.82, 2.24) is 15.0 Å². The van der Waals surface area contributed by atoms with Crippen molar-refractivity contribution in [2.45, 2.75) is 32.7 Å². The van der Waals surface area contributed by atoms with Crippen LogP contribution in [0.25, 0.3) is 10.2 Å². The maximum absolute atomic E-state index is 12.9. The molecule has 0 saturated carbocycles. The highest BCUT2D eigenvalue weighted by Gasteiger charge is 2.24. The van der Waals surface area contributed by atoms with Gasteiger partial charge in [0, 0.05) is 10.6 Å². The number of nitrogens with zero attached hydrogens (tertiary/aromatic N) is 3. The third-order valence-electron chi connectivity index (χ3n) is 4.89. The van der Waals surface area contributed by atoms with Crippen LogP contribution >= 0.6 is 11.3 Å². The normalized spacial score (nSPS) is 16.0. The monoisotopic (exact) mass is 398 g/mol. The number of amides is 1. The molecule has 0 aliphatic heterocycles. The van der Waals surface area contributed by atoms with Gasteiger partial charge in [0.25, 0.3) is 5.56 Å². The predicted octanol–water partition coefficient (Wildman–Crippen LogP) is 2.31. The van der Waals surface area contributed by atoms with Crippen LogP contribution in [0.5, 0.6) is 0 Å². The average Bonchev–Trinajstić information content (AvgIpc) is 3.02. The SMILES string of the molecule is C[C@H]1CCc2c(sc3nnn(CC(=O)Nc4ccc(C(=O)O)cc4)c(=O)c23)C1. The third kappa shape index (κ3) is 3.40. The topological polar surface area (TPSA) is 114 Å². The second-order valence-corrected chi connectivity index (χ2v) is 8.10. The summed E-state index contributed by atoms with van der Waals surface area (Å²) >= 11 is 1.52. The van der Waals surface area contributed by atoms with Gasteiger partial charge < -0.3 is 10.4 Å². The van der Waals surface area contributed by atoms with Gasteiger partial charge in [0.2, 0.25) is 5.91 Å². The second kappa shape index (κ2) is 7.16. The number of anilines is 1. The largest absolute Gasteiger partial charge is 0.478 e. The summed E-state index contributed by atoms with van der Waals surface area (Å²) in [5.74, 6) is -0.882. The molecule has 2 N–H and O–H groups in total. The van der Waals surface area contributed by atoms with Crippen molar-refractivity contribution >= 4 is 39.1 Å². The Labute approximate surface area is 163 Å². The number of carbonyl (C=O) groups excluding carboxylic acids is 1. The van der Waals surface area contributed by atoms with Crippen LogP contribution in [-0.4, -0.2) is 32.0 Å². The van der Waals surface area contributed by atoms with Crippen molar-refractivity contribution in [3.8, 4) is 0 Å². The molecule has 0 spiro atoms. The molecule has 28 heavy (non-hydrogen) atoms. The Balaban J connectivity index is 1.56. The number of aryl methyl sites for hydroxylation is 1. The number of aromatic nitrogens is 3. The number of carbonyl (C=O) groups is 2. The number of fused-ring (bicyclic) bond motifs is 3. The fourth-order valence-corrected chi connectivity index (χ4v) is 4.75. The van der Waals surface area contributed by atoms with Crippen molar-refractivity contribution in [3.63, 3.8) is 0 Å². The van der Waals surface area contributed by atoms with E-state index in [1.165, 1.54) is 40.5 Å². The van der Waals surface area contributed by atoms with E-state index in [4.69, 9.17) is 5.11 Å². The zero-order chi connectivity index (χ0) is 19.8. The molecule has 0 unspecified atom stereocenters. The van der Waals surface area contributed by atoms with Gasteiger partial charge in [-0.1, -0.05) is 12.1 Å². The van der Waals surface area contributed by atoms with Gasteiger partial charge in [-0.25, -0.2) is 9.48 Å². The molecular weight excluding hydrogens is 380 g/mol. The molecule has 0 radical (unpaired) electrons. The van der Waals surface area contributed by atoms with E-state index in [-0.39, 0.29) is 17.7 Å². The molecule has 1 aliphatic carbocycles. The van der Waals surface area contributed by atoms with E-state index in [0.29, 0.717) is 21.8 Å². The highest BCUT2D eigenvalue weighted by atomic mass is 32.1. The van der Waals surface area contributed by atoms with Gasteiger partial charge in [-0.15, -0.1) is 16.4 Å². The molecule has 144 valence electrons. The minimum atomic E-state index is -1.04. The number of carboxylic acid groups (broad SMARTS) is 1. The first kappa shape index (κ1) is 18.3. The Hall–Kier alpha value is -3.07. The molecule has 1 atom stereocenters. The van der Waals surface area contributed by atoms with Crippen LogP contribution in [0.4, 0.5) is 5.69 Å². The van der Waals surface area contributed by atoms with Crippen LogP contribution in [0.1, 0.15) is 34.1 Å². The lowest BCUT2D eigenvalue weighted by Crippen LogP contribution is -2.30. The average molecular weight is 398 g/mol. The van der Waals surface area contributed by atoms with Crippen LogP contribution in [0.15, 0.2) is 29.1 Å². The van der Waals surface area contributed by atoms with Crippen molar-refractivity contribution < 1.29 is 14.7 Å². The fourth-order valence-electron chi connectivity index (χ4n) is 3.43. The zero-order valence-corrected chi connectivity index (χ0v) is 16.0. The van der Waals surface area contributed by atoms with Gasteiger partial charge >= 0.3 is 5.97 Å². The molecular formula is C19H18N4O4S. The standard InChI is InChI=1S/C19H18N4O4S/c1-10-2-7-13-14(8-10)28-17-16(13)18(25)23(22-21-17)9-15(24)20-12-5-3-11(4-6-12)19(26)27/h3-6,10H,2,7-9H2,1H3,(H,20,24)(H,26,27)/t10-/m0/s1. The summed E-state index contributed by atoms with van der Waals surface area (Å²) in [6.45, 7) is 1.94. The fraction of sp³-hybridized carbons (Fsp3) is 0.316. The molecule has 0 fully saturated rings. The van der Waals surface area contributed by atoms with E-state index in [2.05, 4.69) is 22.6 Å². The lowest BCUT2D eigenvalue weighted by Gasteiger charge is -2.17. The maximum Gasteiger partial charge on any atom is 0.335 e. The number of hydrogen-bond acceptors (Lipinski definition) is 6. The number of benzene rings is 1. The van der Waals surface area contributed by atoms with Crippen LogP contribution < -0.4 is 10.9 Å². The van der Waals surface area contributed by atoms with Crippen molar-refractivity contribution in [2.24, 2.45) is 5.92 Å². The van der Waals surface area contributed by atoms with Crippen molar-refractivity contribution in [2.75, 3.05) is 5.32 Å². The Morgan fingerprint density at radius 2 is 2.07 bits per heavy atom. The Morgan fingerprint density at radius 3 is 2.79 bits per heavy atom. The number of hydrogen-bond donors (Lipinski definition) is 2. The molecule has 0 bridgehead atoms. The summed E-state index contributed by atoms with van der Waals surface area (Å²) in [4.78, 5) is 37.9. The van der Waals surface area contributed by atoms with Gasteiger partial charge in [0.05, 0.1) is 10.9 Å². The van der Waals surface area contributed by atoms with Crippen molar-refractivity contribution in [3.05, 3.63) is 50.6 Å². The first-order valence-electron chi connectivity index (χ1n) is 8.93. The molecule has 8 nitrogen and oxygen atoms in total. The van der Waals surface area contributed by atoms with Gasteiger partial charge in [0.15, 0.2) is 4.83 Å². The minimum Gasteiger partial charge on any atom is -0.478 e. The lowest BCUT2D eigenvalue weighted by molar-refractivity contribution is -0.117. The van der Waals surface area contributed by atoms with Crippen LogP contribution in [0, 0.1) is 5.92 Å². The molecule has 1 amide bonds. The van der Waals surface area contributed by atoms with Gasteiger partial charge in [0.1, 0.15) is 6.54 Å². The molecule has 1 aromatic carbocycles. The molecule has 4 rings (SSSR count). The van der Waals surface area contributed by atoms with E-state index in [1.54, 1.807) is 0 Å². The van der Waals surface area contributed by atoms with Crippen molar-refractivity contribution in [1.29, 1.82) is 0 Å². The highest BCUT2D eigenvalue weighted by Crippen LogP contribution is 2.35. The Morgan fingerprint density at radius 1 is 1.32 bits per heavy atom. The lowest BCUT2D eigenvalue weighted by atomic mass is 9.89. The van der Waals surface area contributed by atoms with Crippen LogP contribution in [0.3, 0.4) is 0 Å². The number of carboxylic acids is 1. The van der Waals surface area contributed by atoms with Crippen LogP contribution in [-0.2, 0) is 24.2 Å². The number of nitrogens with one attached hydrogen (secondary N) is 1. The summed E-state index contributed by atoms with van der Waals surface area (Å²) in [7, 11) is 0. The summed E-state index contributed by atoms with van der Waals surface area (Å²) in [5, 5.41) is 20.2. The number of aromatic carboxylic acids is 1. The van der Waals surface area contributed by atoms with E-state index in [0.717, 1.165) is 29.5 Å². The van der Waals surface area contributed by atoms with Gasteiger partial charge in [-0.3, -0.25) is 9.59 Å². The van der Waals surface area contributed by atoms with E-state index >= 15 is 0 Å². The van der Waals surface area contributed by atoms with E-state index in [9.17, 15) is 14.4 Å². The first-order chi connectivity index (χ1) is 13.4. The summed E-state index contributed by atoms with van der Waals surface area (Å²) in [6.07, 6.45) is 2.83. The van der Waals surface area contributed by atoms with Gasteiger partial charge in [-0.2, -0.15) is 0 Å². The summed E-state index contributed by atoms with van der Waals surface area (Å²) in [5.41, 5.74) is 1.32. The summed E-state index contributed by atoms with van der Waals surface area (Å²) < 4.78 is 1.08. The Bertz CT molecular complexity index is 1130. The third-order valence-corrected chi connectivity index (χ3v) is 6.03. The quantitative estimate of drug-likeness (QED) is 0.697. The molecule has 2 heterocycles. The maximum atomic E-state index is 12.9. The smallest absolute Gasteiger partial charge is 0.335 e. The number of rotatable bonds is 4. The zero-order valence-electron chi connectivity index (χ0n) is 15.1. The first-order valence-corrected chi connectivity index (χ1v) is 9.75. The predicted molar refractivity (Wildman–Crippen MR) is 105 cm³/mol. The highest BCUT2D eigenvalue weighted by molar-refractivity contribution is 7.18. The summed E-state index contributed by atoms with van der Waals surface area (Å²) in [6, 6.07) is 5.79. The van der Waals surface area contributed by atoms with Gasteiger partial charge in [-0.05, 0) is 55.0 Å². The van der Waals surface area contributed by atoms with E-state index < -0.39 is 11.9 Å². The number of thiophene rings is 1. The molecule has 1 aliphatic rings. The molecule has 2 aromatic heterocycles. The Kier molecular flexibility index (Phi) is 4.68. The minimum absolute atomic E-state index is 0.127. The van der Waals surface area contributed by atoms with Crippen LogP contribution in [0.2, 0.25) is 0 Å².